The summed E-state index contributed by atoms with van der Waals surface area (Å²) in [7, 11) is -4.03. The van der Waals surface area contributed by atoms with Crippen LogP contribution in [-0.2, 0) is 10.0 Å². The topological polar surface area (TPSA) is 69.4 Å². The van der Waals surface area contributed by atoms with Crippen molar-refractivity contribution in [1.82, 2.24) is 0 Å². The van der Waals surface area contributed by atoms with Crippen molar-refractivity contribution in [3.05, 3.63) is 24.0 Å². The highest BCUT2D eigenvalue weighted by Gasteiger charge is 2.14. The highest BCUT2D eigenvalue weighted by molar-refractivity contribution is 7.89. The van der Waals surface area contributed by atoms with Crippen molar-refractivity contribution < 1.29 is 17.5 Å². The van der Waals surface area contributed by atoms with Gasteiger partial charge in [0.2, 0.25) is 10.0 Å². The van der Waals surface area contributed by atoms with Crippen LogP contribution in [0.15, 0.2) is 23.1 Å². The second kappa shape index (κ2) is 3.93. The Morgan fingerprint density at radius 2 is 2.14 bits per heavy atom. The Balaban J connectivity index is 3.22. The van der Waals surface area contributed by atoms with E-state index in [0.29, 0.717) is 6.61 Å². The van der Waals surface area contributed by atoms with Gasteiger partial charge in [0.15, 0.2) is 0 Å². The summed E-state index contributed by atoms with van der Waals surface area (Å²) in [4.78, 5) is -0.552. The molecule has 0 saturated heterocycles. The summed E-state index contributed by atoms with van der Waals surface area (Å²) in [5.41, 5.74) is 0. The van der Waals surface area contributed by atoms with Crippen molar-refractivity contribution in [2.75, 3.05) is 6.61 Å². The van der Waals surface area contributed by atoms with Crippen LogP contribution in [-0.4, -0.2) is 15.0 Å². The predicted molar refractivity (Wildman–Crippen MR) is 48.9 cm³/mol. The predicted octanol–water partition coefficient (Wildman–Crippen LogP) is 0.872. The Hall–Kier alpha value is -1.14. The van der Waals surface area contributed by atoms with Crippen molar-refractivity contribution >= 4 is 10.0 Å². The summed E-state index contributed by atoms with van der Waals surface area (Å²) < 4.78 is 39.8. The van der Waals surface area contributed by atoms with Gasteiger partial charge < -0.3 is 4.74 Å². The largest absolute Gasteiger partial charge is 0.494 e. The zero-order chi connectivity index (χ0) is 10.8. The number of benzene rings is 1. The lowest BCUT2D eigenvalue weighted by atomic mass is 10.3. The van der Waals surface area contributed by atoms with Gasteiger partial charge in [0, 0.05) is 6.07 Å². The smallest absolute Gasteiger partial charge is 0.241 e. The fourth-order valence-corrected chi connectivity index (χ4v) is 1.58. The van der Waals surface area contributed by atoms with Crippen LogP contribution >= 0.6 is 0 Å². The van der Waals surface area contributed by atoms with Crippen LogP contribution in [0.3, 0.4) is 0 Å². The standard InChI is InChI=1S/C8H10FNO3S/c1-2-13-6-3-4-7(9)8(5-6)14(10,11)12/h3-5H,2H2,1H3,(H2,10,11,12). The van der Waals surface area contributed by atoms with E-state index in [1.165, 1.54) is 6.07 Å². The second-order valence-corrected chi connectivity index (χ2v) is 4.10. The van der Waals surface area contributed by atoms with Gasteiger partial charge in [-0.25, -0.2) is 17.9 Å². The fourth-order valence-electron chi connectivity index (χ4n) is 0.958. The molecule has 0 atom stereocenters. The van der Waals surface area contributed by atoms with Crippen LogP contribution in [0.25, 0.3) is 0 Å². The maximum Gasteiger partial charge on any atom is 0.241 e. The van der Waals surface area contributed by atoms with Crippen LogP contribution in [0.1, 0.15) is 6.92 Å². The van der Waals surface area contributed by atoms with E-state index in [-0.39, 0.29) is 5.75 Å². The van der Waals surface area contributed by atoms with Crippen molar-refractivity contribution in [3.63, 3.8) is 0 Å². The molecule has 0 spiro atoms. The summed E-state index contributed by atoms with van der Waals surface area (Å²) in [5, 5.41) is 4.80. The molecule has 0 aliphatic heterocycles. The van der Waals surface area contributed by atoms with Crippen molar-refractivity contribution in [2.45, 2.75) is 11.8 Å². The Labute approximate surface area is 81.5 Å². The maximum atomic E-state index is 13.0. The van der Waals surface area contributed by atoms with E-state index in [2.05, 4.69) is 0 Å². The van der Waals surface area contributed by atoms with Crippen molar-refractivity contribution in [1.29, 1.82) is 0 Å². The van der Waals surface area contributed by atoms with E-state index in [1.807, 2.05) is 0 Å². The molecule has 0 heterocycles. The summed E-state index contributed by atoms with van der Waals surface area (Å²) in [6.07, 6.45) is 0. The van der Waals surface area contributed by atoms with Crippen LogP contribution in [0.2, 0.25) is 0 Å². The molecule has 0 aliphatic rings. The summed E-state index contributed by atoms with van der Waals surface area (Å²) in [6.45, 7) is 2.11. The third kappa shape index (κ3) is 2.43. The molecule has 6 heteroatoms. The number of halogens is 1. The zero-order valence-corrected chi connectivity index (χ0v) is 8.34. The van der Waals surface area contributed by atoms with Crippen molar-refractivity contribution in [3.8, 4) is 5.75 Å². The molecule has 0 bridgehead atoms. The molecule has 14 heavy (non-hydrogen) atoms. The molecule has 1 rings (SSSR count). The first-order chi connectivity index (χ1) is 6.45. The molecule has 0 saturated carbocycles. The summed E-state index contributed by atoms with van der Waals surface area (Å²) >= 11 is 0. The molecule has 0 aromatic heterocycles. The lowest BCUT2D eigenvalue weighted by Gasteiger charge is -2.05. The van der Waals surface area contributed by atoms with E-state index in [1.54, 1.807) is 6.92 Å². The normalized spacial score (nSPS) is 11.4. The zero-order valence-electron chi connectivity index (χ0n) is 7.53. The number of hydrogen-bond donors (Lipinski definition) is 1. The van der Waals surface area contributed by atoms with Gasteiger partial charge in [-0.05, 0) is 19.1 Å². The van der Waals surface area contributed by atoms with Gasteiger partial charge in [-0.1, -0.05) is 0 Å². The van der Waals surface area contributed by atoms with E-state index < -0.39 is 20.7 Å². The van der Waals surface area contributed by atoms with Crippen LogP contribution in [0.4, 0.5) is 4.39 Å². The monoisotopic (exact) mass is 219 g/mol. The molecule has 0 fully saturated rings. The molecule has 1 aromatic rings. The third-order valence-corrected chi connectivity index (χ3v) is 2.45. The highest BCUT2D eigenvalue weighted by Crippen LogP contribution is 2.19. The van der Waals surface area contributed by atoms with Crippen LogP contribution in [0.5, 0.6) is 5.75 Å². The molecule has 0 aliphatic carbocycles. The molecule has 0 radical (unpaired) electrons. The third-order valence-electron chi connectivity index (χ3n) is 1.52. The quantitative estimate of drug-likeness (QED) is 0.820. The maximum absolute atomic E-state index is 13.0. The summed E-state index contributed by atoms with van der Waals surface area (Å²) in [5.74, 6) is -0.603. The fraction of sp³-hybridized carbons (Fsp3) is 0.250. The Morgan fingerprint density at radius 1 is 1.50 bits per heavy atom. The SMILES string of the molecule is CCOc1ccc(F)c(S(N)(=O)=O)c1. The number of nitrogens with two attached hydrogens (primary N) is 1. The lowest BCUT2D eigenvalue weighted by molar-refractivity contribution is 0.338. The first-order valence-electron chi connectivity index (χ1n) is 3.90. The number of hydrogen-bond acceptors (Lipinski definition) is 3. The van der Waals surface area contributed by atoms with Gasteiger partial charge >= 0.3 is 0 Å². The van der Waals surface area contributed by atoms with Gasteiger partial charge in [-0.15, -0.1) is 0 Å². The van der Waals surface area contributed by atoms with Gasteiger partial charge in [-0.3, -0.25) is 0 Å². The van der Waals surface area contributed by atoms with Crippen molar-refractivity contribution in [2.24, 2.45) is 5.14 Å². The van der Waals surface area contributed by atoms with Gasteiger partial charge in [0.1, 0.15) is 16.5 Å². The van der Waals surface area contributed by atoms with Gasteiger partial charge in [0.25, 0.3) is 0 Å². The number of sulfonamides is 1. The van der Waals surface area contributed by atoms with Crippen LogP contribution in [0, 0.1) is 5.82 Å². The summed E-state index contributed by atoms with van der Waals surface area (Å²) in [6, 6.07) is 3.41. The van der Waals surface area contributed by atoms with Gasteiger partial charge in [-0.2, -0.15) is 0 Å². The minimum Gasteiger partial charge on any atom is -0.494 e. The molecular formula is C8H10FNO3S. The number of primary sulfonamides is 1. The van der Waals surface area contributed by atoms with E-state index in [4.69, 9.17) is 9.88 Å². The lowest BCUT2D eigenvalue weighted by Crippen LogP contribution is -2.14. The van der Waals surface area contributed by atoms with Crippen LogP contribution < -0.4 is 9.88 Å². The molecule has 0 unspecified atom stereocenters. The molecule has 4 nitrogen and oxygen atoms in total. The minimum absolute atomic E-state index is 0.276. The average molecular weight is 219 g/mol. The molecular weight excluding hydrogens is 209 g/mol. The first-order valence-corrected chi connectivity index (χ1v) is 5.45. The highest BCUT2D eigenvalue weighted by atomic mass is 32.2. The molecule has 1 aromatic carbocycles. The molecule has 0 amide bonds. The van der Waals surface area contributed by atoms with E-state index in [0.717, 1.165) is 12.1 Å². The average Bonchev–Trinajstić information content (AvgIpc) is 2.07. The number of ether oxygens (including phenoxy) is 1. The Morgan fingerprint density at radius 3 is 2.64 bits per heavy atom. The first kappa shape index (κ1) is 10.9. The van der Waals surface area contributed by atoms with E-state index >= 15 is 0 Å². The van der Waals surface area contributed by atoms with E-state index in [9.17, 15) is 12.8 Å². The van der Waals surface area contributed by atoms with Gasteiger partial charge in [0.05, 0.1) is 6.61 Å². The molecule has 2 N–H and O–H groups in total. The second-order valence-electron chi connectivity index (χ2n) is 2.57. The minimum atomic E-state index is -4.03. The Kier molecular flexibility index (Phi) is 3.07. The Bertz CT molecular complexity index is 430. The molecule has 78 valence electrons. The number of rotatable bonds is 3.